The molecule has 1 fully saturated rings. The minimum Gasteiger partial charge on any atom is -0.444 e. The predicted molar refractivity (Wildman–Crippen MR) is 94.2 cm³/mol. The SMILES string of the molecule is Cc1coc(-c2ccc(C)c(NC(=O)N[C@H]3CCC(=O)N(C)C3)c2)n1. The summed E-state index contributed by atoms with van der Waals surface area (Å²) in [6, 6.07) is 5.34. The van der Waals surface area contributed by atoms with Crippen LogP contribution in [-0.2, 0) is 4.79 Å². The molecule has 1 aromatic carbocycles. The Bertz CT molecular complexity index is 799. The Morgan fingerprint density at radius 1 is 1.36 bits per heavy atom. The van der Waals surface area contributed by atoms with Crippen molar-refractivity contribution < 1.29 is 14.0 Å². The van der Waals surface area contributed by atoms with Gasteiger partial charge in [0.2, 0.25) is 11.8 Å². The number of oxazole rings is 1. The van der Waals surface area contributed by atoms with E-state index in [2.05, 4.69) is 15.6 Å². The summed E-state index contributed by atoms with van der Waals surface area (Å²) in [6.07, 6.45) is 2.71. The average molecular weight is 342 g/mol. The van der Waals surface area contributed by atoms with Crippen molar-refractivity contribution in [3.63, 3.8) is 0 Å². The van der Waals surface area contributed by atoms with E-state index in [1.54, 1.807) is 18.2 Å². The van der Waals surface area contributed by atoms with Crippen LogP contribution in [0.25, 0.3) is 11.5 Å². The van der Waals surface area contributed by atoms with Gasteiger partial charge in [-0.3, -0.25) is 4.79 Å². The van der Waals surface area contributed by atoms with Crippen LogP contribution in [0.5, 0.6) is 0 Å². The van der Waals surface area contributed by atoms with Gasteiger partial charge in [-0.2, -0.15) is 0 Å². The highest BCUT2D eigenvalue weighted by Crippen LogP contribution is 2.25. The monoisotopic (exact) mass is 342 g/mol. The van der Waals surface area contributed by atoms with E-state index in [1.165, 1.54) is 0 Å². The number of hydrogen-bond acceptors (Lipinski definition) is 4. The van der Waals surface area contributed by atoms with Crippen molar-refractivity contribution in [2.75, 3.05) is 18.9 Å². The number of nitrogens with zero attached hydrogens (tertiary/aromatic N) is 2. The fraction of sp³-hybridized carbons (Fsp3) is 0.389. The van der Waals surface area contributed by atoms with Crippen LogP contribution < -0.4 is 10.6 Å². The lowest BCUT2D eigenvalue weighted by molar-refractivity contribution is -0.132. The number of piperidine rings is 1. The molecule has 2 aromatic rings. The number of amides is 3. The Morgan fingerprint density at radius 2 is 2.16 bits per heavy atom. The third-order valence-electron chi connectivity index (χ3n) is 4.31. The number of anilines is 1. The largest absolute Gasteiger partial charge is 0.444 e. The highest BCUT2D eigenvalue weighted by atomic mass is 16.3. The first-order valence-corrected chi connectivity index (χ1v) is 8.27. The number of rotatable bonds is 3. The first-order valence-electron chi connectivity index (χ1n) is 8.27. The second kappa shape index (κ2) is 6.96. The second-order valence-electron chi connectivity index (χ2n) is 6.43. The fourth-order valence-electron chi connectivity index (χ4n) is 2.85. The van der Waals surface area contributed by atoms with Crippen LogP contribution in [0.1, 0.15) is 24.1 Å². The maximum Gasteiger partial charge on any atom is 0.319 e. The Labute approximate surface area is 146 Å². The molecule has 0 radical (unpaired) electrons. The molecule has 2 N–H and O–H groups in total. The number of likely N-dealkylation sites (N-methyl/N-ethyl adjacent to an activating group) is 1. The van der Waals surface area contributed by atoms with E-state index in [0.717, 1.165) is 16.8 Å². The van der Waals surface area contributed by atoms with Crippen LogP contribution in [0.15, 0.2) is 28.9 Å². The number of hydrogen-bond donors (Lipinski definition) is 2. The number of carbonyl (C=O) groups excluding carboxylic acids is 2. The summed E-state index contributed by atoms with van der Waals surface area (Å²) in [5.41, 5.74) is 3.25. The molecule has 3 rings (SSSR count). The molecule has 2 heterocycles. The molecule has 0 spiro atoms. The maximum absolute atomic E-state index is 12.3. The summed E-state index contributed by atoms with van der Waals surface area (Å²) in [7, 11) is 1.75. The van der Waals surface area contributed by atoms with Gasteiger partial charge in [0.25, 0.3) is 0 Å². The van der Waals surface area contributed by atoms with E-state index in [4.69, 9.17) is 4.42 Å². The zero-order valence-corrected chi connectivity index (χ0v) is 14.6. The standard InChI is InChI=1S/C18H22N4O3/c1-11-4-5-13(17-19-12(2)10-25-17)8-15(11)21-18(24)20-14-6-7-16(23)22(3)9-14/h4-5,8,10,14H,6-7,9H2,1-3H3,(H2,20,21,24)/t14-/m0/s1. The maximum atomic E-state index is 12.3. The van der Waals surface area contributed by atoms with Crippen LogP contribution in [0.3, 0.4) is 0 Å². The molecule has 7 heteroatoms. The van der Waals surface area contributed by atoms with Crippen molar-refractivity contribution in [1.82, 2.24) is 15.2 Å². The van der Waals surface area contributed by atoms with Gasteiger partial charge in [0, 0.05) is 37.3 Å². The number of nitrogens with one attached hydrogen (secondary N) is 2. The van der Waals surface area contributed by atoms with E-state index in [9.17, 15) is 9.59 Å². The van der Waals surface area contributed by atoms with E-state index >= 15 is 0 Å². The van der Waals surface area contributed by atoms with Gasteiger partial charge in [-0.15, -0.1) is 0 Å². The highest BCUT2D eigenvalue weighted by Gasteiger charge is 2.24. The van der Waals surface area contributed by atoms with Crippen molar-refractivity contribution in [3.05, 3.63) is 35.7 Å². The highest BCUT2D eigenvalue weighted by molar-refractivity contribution is 5.91. The van der Waals surface area contributed by atoms with Gasteiger partial charge >= 0.3 is 6.03 Å². The molecule has 0 unspecified atom stereocenters. The molecule has 1 atom stereocenters. The fourth-order valence-corrected chi connectivity index (χ4v) is 2.85. The lowest BCUT2D eigenvalue weighted by Crippen LogP contribution is -2.49. The van der Waals surface area contributed by atoms with Gasteiger partial charge in [-0.25, -0.2) is 9.78 Å². The third-order valence-corrected chi connectivity index (χ3v) is 4.31. The number of urea groups is 1. The number of likely N-dealkylation sites (tertiary alicyclic amines) is 1. The Kier molecular flexibility index (Phi) is 4.74. The molecular formula is C18H22N4O3. The smallest absolute Gasteiger partial charge is 0.319 e. The quantitative estimate of drug-likeness (QED) is 0.898. The second-order valence-corrected chi connectivity index (χ2v) is 6.43. The first-order chi connectivity index (χ1) is 11.9. The van der Waals surface area contributed by atoms with E-state index in [0.29, 0.717) is 31.0 Å². The molecule has 0 saturated carbocycles. The normalized spacial score (nSPS) is 17.5. The summed E-state index contributed by atoms with van der Waals surface area (Å²) < 4.78 is 5.42. The minimum absolute atomic E-state index is 0.0411. The molecule has 0 aliphatic carbocycles. The third kappa shape index (κ3) is 3.99. The predicted octanol–water partition coefficient (Wildman–Crippen LogP) is 2.70. The van der Waals surface area contributed by atoms with Gasteiger partial charge in [-0.1, -0.05) is 6.07 Å². The van der Waals surface area contributed by atoms with E-state index in [1.807, 2.05) is 32.0 Å². The van der Waals surface area contributed by atoms with Crippen LogP contribution in [-0.4, -0.2) is 41.5 Å². The molecule has 1 aliphatic heterocycles. The summed E-state index contributed by atoms with van der Waals surface area (Å²) in [5, 5.41) is 5.80. The van der Waals surface area contributed by atoms with E-state index < -0.39 is 0 Å². The molecule has 1 aromatic heterocycles. The van der Waals surface area contributed by atoms with Gasteiger partial charge in [0.05, 0.1) is 5.69 Å². The summed E-state index contributed by atoms with van der Waals surface area (Å²) >= 11 is 0. The van der Waals surface area contributed by atoms with Crippen molar-refractivity contribution in [2.24, 2.45) is 0 Å². The summed E-state index contributed by atoms with van der Waals surface area (Å²) in [4.78, 5) is 29.8. The lowest BCUT2D eigenvalue weighted by Gasteiger charge is -2.30. The Balaban J connectivity index is 1.67. The molecule has 7 nitrogen and oxygen atoms in total. The van der Waals surface area contributed by atoms with Gasteiger partial charge in [-0.05, 0) is 38.0 Å². The van der Waals surface area contributed by atoms with Crippen LogP contribution in [0.4, 0.5) is 10.5 Å². The van der Waals surface area contributed by atoms with Crippen LogP contribution in [0.2, 0.25) is 0 Å². The molecule has 1 aliphatic rings. The molecular weight excluding hydrogens is 320 g/mol. The number of aromatic nitrogens is 1. The molecule has 1 saturated heterocycles. The van der Waals surface area contributed by atoms with Gasteiger partial charge < -0.3 is 20.0 Å². The van der Waals surface area contributed by atoms with Crippen molar-refractivity contribution in [1.29, 1.82) is 0 Å². The van der Waals surface area contributed by atoms with Crippen molar-refractivity contribution in [3.8, 4) is 11.5 Å². The van der Waals surface area contributed by atoms with Crippen molar-refractivity contribution >= 4 is 17.6 Å². The Hall–Kier alpha value is -2.83. The van der Waals surface area contributed by atoms with Crippen LogP contribution in [0, 0.1) is 13.8 Å². The molecule has 132 valence electrons. The van der Waals surface area contributed by atoms with Crippen molar-refractivity contribution in [2.45, 2.75) is 32.7 Å². The van der Waals surface area contributed by atoms with Crippen LogP contribution >= 0.6 is 0 Å². The molecule has 25 heavy (non-hydrogen) atoms. The number of carbonyl (C=O) groups is 2. The number of benzene rings is 1. The Morgan fingerprint density at radius 3 is 2.84 bits per heavy atom. The summed E-state index contributed by atoms with van der Waals surface area (Å²) in [5.74, 6) is 0.636. The minimum atomic E-state index is -0.281. The van der Waals surface area contributed by atoms with Gasteiger partial charge in [0.15, 0.2) is 0 Å². The number of aryl methyl sites for hydroxylation is 2. The molecule has 0 bridgehead atoms. The van der Waals surface area contributed by atoms with Gasteiger partial charge in [0.1, 0.15) is 6.26 Å². The zero-order chi connectivity index (χ0) is 18.0. The van der Waals surface area contributed by atoms with E-state index in [-0.39, 0.29) is 18.0 Å². The zero-order valence-electron chi connectivity index (χ0n) is 14.6. The average Bonchev–Trinajstić information content (AvgIpc) is 2.99. The summed E-state index contributed by atoms with van der Waals surface area (Å²) in [6.45, 7) is 4.31. The first kappa shape index (κ1) is 17.0. The topological polar surface area (TPSA) is 87.5 Å². The lowest BCUT2D eigenvalue weighted by atomic mass is 10.1. The molecule has 3 amide bonds.